The molecular weight excluding hydrogens is 348 g/mol. The standard InChI is InChI=1S/C24H32N2O2/c1-4-28-23-11-9-20(10-12-23)17-24(27)26(22-13-15-25(3)16-14-22)18-21-7-5-19(2)6-8-21/h5-12,22H,4,13-18H2,1-3H3. The van der Waals surface area contributed by atoms with Gasteiger partial charge in [0.15, 0.2) is 0 Å². The second-order valence-electron chi connectivity index (χ2n) is 7.80. The van der Waals surface area contributed by atoms with Gasteiger partial charge in [0.2, 0.25) is 5.91 Å². The van der Waals surface area contributed by atoms with Gasteiger partial charge in [-0.2, -0.15) is 0 Å². The van der Waals surface area contributed by atoms with Crippen LogP contribution in [-0.2, 0) is 17.8 Å². The number of aryl methyl sites for hydroxylation is 1. The van der Waals surface area contributed by atoms with Crippen LogP contribution in [0.1, 0.15) is 36.5 Å². The third kappa shape index (κ3) is 5.59. The molecule has 0 unspecified atom stereocenters. The monoisotopic (exact) mass is 380 g/mol. The van der Waals surface area contributed by atoms with Gasteiger partial charge in [0.1, 0.15) is 5.75 Å². The van der Waals surface area contributed by atoms with Crippen LogP contribution in [0.2, 0.25) is 0 Å². The number of hydrogen-bond acceptors (Lipinski definition) is 3. The first-order valence-electron chi connectivity index (χ1n) is 10.3. The van der Waals surface area contributed by atoms with Crippen LogP contribution in [0, 0.1) is 6.92 Å². The average molecular weight is 381 g/mol. The van der Waals surface area contributed by atoms with E-state index in [4.69, 9.17) is 4.74 Å². The van der Waals surface area contributed by atoms with Crippen LogP contribution in [-0.4, -0.2) is 48.5 Å². The largest absolute Gasteiger partial charge is 0.494 e. The van der Waals surface area contributed by atoms with Gasteiger partial charge in [0, 0.05) is 12.6 Å². The van der Waals surface area contributed by atoms with E-state index in [0.29, 0.717) is 25.6 Å². The molecule has 1 amide bonds. The molecule has 1 saturated heterocycles. The molecule has 3 rings (SSSR count). The fourth-order valence-corrected chi connectivity index (χ4v) is 3.76. The number of piperidine rings is 1. The highest BCUT2D eigenvalue weighted by molar-refractivity contribution is 5.79. The Morgan fingerprint density at radius 2 is 1.64 bits per heavy atom. The number of amides is 1. The molecule has 28 heavy (non-hydrogen) atoms. The zero-order valence-corrected chi connectivity index (χ0v) is 17.4. The first kappa shape index (κ1) is 20.4. The van der Waals surface area contributed by atoms with Gasteiger partial charge in [-0.1, -0.05) is 42.0 Å². The van der Waals surface area contributed by atoms with Crippen LogP contribution < -0.4 is 4.74 Å². The number of carbonyl (C=O) groups is 1. The van der Waals surface area contributed by atoms with Crippen molar-refractivity contribution in [2.75, 3.05) is 26.7 Å². The van der Waals surface area contributed by atoms with Crippen molar-refractivity contribution in [3.8, 4) is 5.75 Å². The molecule has 0 saturated carbocycles. The molecule has 0 radical (unpaired) electrons. The van der Waals surface area contributed by atoms with Gasteiger partial charge >= 0.3 is 0 Å². The summed E-state index contributed by atoms with van der Waals surface area (Å²) in [6.45, 7) is 7.50. The Balaban J connectivity index is 1.72. The Hall–Kier alpha value is -2.33. The molecule has 0 spiro atoms. The number of carbonyl (C=O) groups excluding carboxylic acids is 1. The van der Waals surface area contributed by atoms with Gasteiger partial charge in [-0.15, -0.1) is 0 Å². The zero-order chi connectivity index (χ0) is 19.9. The smallest absolute Gasteiger partial charge is 0.227 e. The van der Waals surface area contributed by atoms with E-state index >= 15 is 0 Å². The molecule has 0 aromatic heterocycles. The number of hydrogen-bond donors (Lipinski definition) is 0. The average Bonchev–Trinajstić information content (AvgIpc) is 2.70. The first-order chi connectivity index (χ1) is 13.5. The quantitative estimate of drug-likeness (QED) is 0.726. The van der Waals surface area contributed by atoms with Crippen molar-refractivity contribution in [1.29, 1.82) is 0 Å². The van der Waals surface area contributed by atoms with Crippen molar-refractivity contribution >= 4 is 5.91 Å². The molecule has 1 heterocycles. The van der Waals surface area contributed by atoms with Crippen molar-refractivity contribution in [2.45, 2.75) is 45.7 Å². The van der Waals surface area contributed by atoms with E-state index in [1.807, 2.05) is 31.2 Å². The van der Waals surface area contributed by atoms with Crippen molar-refractivity contribution in [3.63, 3.8) is 0 Å². The number of nitrogens with zero attached hydrogens (tertiary/aromatic N) is 2. The van der Waals surface area contributed by atoms with E-state index in [9.17, 15) is 4.79 Å². The number of benzene rings is 2. The van der Waals surface area contributed by atoms with Crippen LogP contribution >= 0.6 is 0 Å². The molecule has 150 valence electrons. The lowest BCUT2D eigenvalue weighted by molar-refractivity contribution is -0.134. The lowest BCUT2D eigenvalue weighted by atomic mass is 10.0. The van der Waals surface area contributed by atoms with Gasteiger partial charge in [-0.05, 0) is 70.1 Å². The molecule has 4 heteroatoms. The normalized spacial score (nSPS) is 15.4. The Morgan fingerprint density at radius 1 is 1.04 bits per heavy atom. The van der Waals surface area contributed by atoms with E-state index in [1.165, 1.54) is 11.1 Å². The number of likely N-dealkylation sites (tertiary alicyclic amines) is 1. The maximum atomic E-state index is 13.3. The van der Waals surface area contributed by atoms with Gasteiger partial charge in [0.05, 0.1) is 13.0 Å². The van der Waals surface area contributed by atoms with Crippen LogP contribution in [0.25, 0.3) is 0 Å². The molecule has 1 aliphatic heterocycles. The molecule has 0 atom stereocenters. The Labute approximate surface area is 169 Å². The van der Waals surface area contributed by atoms with E-state index in [0.717, 1.165) is 37.2 Å². The van der Waals surface area contributed by atoms with Crippen LogP contribution in [0.4, 0.5) is 0 Å². The summed E-state index contributed by atoms with van der Waals surface area (Å²) in [4.78, 5) is 17.7. The topological polar surface area (TPSA) is 32.8 Å². The summed E-state index contributed by atoms with van der Waals surface area (Å²) >= 11 is 0. The second-order valence-corrected chi connectivity index (χ2v) is 7.80. The summed E-state index contributed by atoms with van der Waals surface area (Å²) in [7, 11) is 2.16. The minimum absolute atomic E-state index is 0.208. The number of ether oxygens (including phenoxy) is 1. The highest BCUT2D eigenvalue weighted by atomic mass is 16.5. The van der Waals surface area contributed by atoms with Crippen molar-refractivity contribution in [1.82, 2.24) is 9.80 Å². The lowest BCUT2D eigenvalue weighted by Crippen LogP contribution is -2.46. The molecule has 2 aromatic carbocycles. The maximum absolute atomic E-state index is 13.3. The minimum atomic E-state index is 0.208. The van der Waals surface area contributed by atoms with Crippen molar-refractivity contribution in [3.05, 3.63) is 65.2 Å². The fraction of sp³-hybridized carbons (Fsp3) is 0.458. The Bertz CT molecular complexity index is 747. The summed E-state index contributed by atoms with van der Waals surface area (Å²) in [5.41, 5.74) is 3.48. The Morgan fingerprint density at radius 3 is 2.25 bits per heavy atom. The third-order valence-electron chi connectivity index (χ3n) is 5.51. The summed E-state index contributed by atoms with van der Waals surface area (Å²) in [5.74, 6) is 1.06. The molecule has 4 nitrogen and oxygen atoms in total. The van der Waals surface area contributed by atoms with Gasteiger partial charge < -0.3 is 14.5 Å². The Kier molecular flexibility index (Phi) is 7.10. The fourth-order valence-electron chi connectivity index (χ4n) is 3.76. The molecule has 1 aliphatic rings. The highest BCUT2D eigenvalue weighted by Crippen LogP contribution is 2.21. The van der Waals surface area contributed by atoms with E-state index < -0.39 is 0 Å². The predicted octanol–water partition coefficient (Wildman–Crippen LogP) is 4.06. The van der Waals surface area contributed by atoms with Gasteiger partial charge in [0.25, 0.3) is 0 Å². The molecule has 0 bridgehead atoms. The molecule has 0 N–H and O–H groups in total. The third-order valence-corrected chi connectivity index (χ3v) is 5.51. The van der Waals surface area contributed by atoms with E-state index in [-0.39, 0.29) is 5.91 Å². The first-order valence-corrected chi connectivity index (χ1v) is 10.3. The molecule has 0 aliphatic carbocycles. The summed E-state index contributed by atoms with van der Waals surface area (Å²) < 4.78 is 5.51. The second kappa shape index (κ2) is 9.74. The molecule has 2 aromatic rings. The SMILES string of the molecule is CCOc1ccc(CC(=O)N(Cc2ccc(C)cc2)C2CCN(C)CC2)cc1. The lowest BCUT2D eigenvalue weighted by Gasteiger charge is -2.37. The zero-order valence-electron chi connectivity index (χ0n) is 17.4. The van der Waals surface area contributed by atoms with Crippen molar-refractivity contribution in [2.24, 2.45) is 0 Å². The van der Waals surface area contributed by atoms with Gasteiger partial charge in [-0.3, -0.25) is 4.79 Å². The van der Waals surface area contributed by atoms with E-state index in [2.05, 4.69) is 48.0 Å². The predicted molar refractivity (Wildman–Crippen MR) is 114 cm³/mol. The molecule has 1 fully saturated rings. The highest BCUT2D eigenvalue weighted by Gasteiger charge is 2.27. The summed E-state index contributed by atoms with van der Waals surface area (Å²) in [5, 5.41) is 0. The van der Waals surface area contributed by atoms with E-state index in [1.54, 1.807) is 0 Å². The minimum Gasteiger partial charge on any atom is -0.494 e. The van der Waals surface area contributed by atoms with Crippen LogP contribution in [0.5, 0.6) is 5.75 Å². The van der Waals surface area contributed by atoms with Crippen molar-refractivity contribution < 1.29 is 9.53 Å². The maximum Gasteiger partial charge on any atom is 0.227 e. The van der Waals surface area contributed by atoms with Crippen LogP contribution in [0.15, 0.2) is 48.5 Å². The van der Waals surface area contributed by atoms with Crippen LogP contribution in [0.3, 0.4) is 0 Å². The van der Waals surface area contributed by atoms with Gasteiger partial charge in [-0.25, -0.2) is 0 Å². The summed E-state index contributed by atoms with van der Waals surface area (Å²) in [6.07, 6.45) is 2.51. The molecular formula is C24H32N2O2. The summed E-state index contributed by atoms with van der Waals surface area (Å²) in [6, 6.07) is 16.7. The number of rotatable bonds is 7.